The van der Waals surface area contributed by atoms with Gasteiger partial charge in [-0.1, -0.05) is 47.7 Å². The fourth-order valence-corrected chi connectivity index (χ4v) is 7.55. The first kappa shape index (κ1) is 26.2. The molecule has 0 radical (unpaired) electrons. The summed E-state index contributed by atoms with van der Waals surface area (Å²) in [5.41, 5.74) is 10.1. The third-order valence-electron chi connectivity index (χ3n) is 8.12. The van der Waals surface area contributed by atoms with Gasteiger partial charge in [0.2, 0.25) is 0 Å². The lowest BCUT2D eigenvalue weighted by molar-refractivity contribution is 0.413. The molecule has 1 aliphatic heterocycles. The molecule has 0 amide bonds. The van der Waals surface area contributed by atoms with E-state index in [9.17, 15) is 4.79 Å². The van der Waals surface area contributed by atoms with Gasteiger partial charge in [0.15, 0.2) is 4.80 Å². The van der Waals surface area contributed by atoms with Crippen molar-refractivity contribution in [1.29, 1.82) is 0 Å². The Kier molecular flexibility index (Phi) is 6.59. The van der Waals surface area contributed by atoms with E-state index in [1.165, 1.54) is 31.6 Å². The van der Waals surface area contributed by atoms with E-state index in [2.05, 4.69) is 102 Å². The Hall–Kier alpha value is -3.69. The number of hydrogen-bond donors (Lipinski definition) is 0. The van der Waals surface area contributed by atoms with E-state index in [0.29, 0.717) is 4.53 Å². The minimum absolute atomic E-state index is 0.00829. The smallest absolute Gasteiger partial charge is 0.271 e. The van der Waals surface area contributed by atoms with Gasteiger partial charge in [0, 0.05) is 26.2 Å². The summed E-state index contributed by atoms with van der Waals surface area (Å²) in [5, 5.41) is 0. The Bertz CT molecular complexity index is 2050. The average molecular weight is 670 g/mol. The number of allylic oxidation sites excluding steroid dienone is 1. The molecule has 0 saturated carbocycles. The van der Waals surface area contributed by atoms with Crippen LogP contribution in [0.25, 0.3) is 17.5 Å². The molecule has 7 rings (SSSR count). The molecular formula is C34H28IN3O2S. The molecule has 0 fully saturated rings. The van der Waals surface area contributed by atoms with Crippen LogP contribution in [0.5, 0.6) is 5.75 Å². The van der Waals surface area contributed by atoms with Gasteiger partial charge in [-0.2, -0.15) is 0 Å². The summed E-state index contributed by atoms with van der Waals surface area (Å²) in [4.78, 5) is 20.1. The molecule has 5 aromatic rings. The Morgan fingerprint density at radius 2 is 1.80 bits per heavy atom. The van der Waals surface area contributed by atoms with E-state index in [-0.39, 0.29) is 11.6 Å². The number of halogens is 1. The van der Waals surface area contributed by atoms with Gasteiger partial charge in [-0.05, 0) is 120 Å². The van der Waals surface area contributed by atoms with Crippen molar-refractivity contribution in [3.63, 3.8) is 0 Å². The van der Waals surface area contributed by atoms with Crippen LogP contribution in [0.3, 0.4) is 0 Å². The first-order valence-corrected chi connectivity index (χ1v) is 15.5. The van der Waals surface area contributed by atoms with Crippen molar-refractivity contribution < 1.29 is 4.74 Å². The molecule has 5 nitrogen and oxygen atoms in total. The molecule has 0 N–H and O–H groups in total. The molecule has 1 aliphatic carbocycles. The number of fused-ring (bicyclic) bond motifs is 3. The van der Waals surface area contributed by atoms with Crippen molar-refractivity contribution in [2.75, 3.05) is 7.11 Å². The van der Waals surface area contributed by atoms with Gasteiger partial charge in [0.1, 0.15) is 5.75 Å². The minimum atomic E-state index is -0.230. The predicted octanol–water partition coefficient (Wildman–Crippen LogP) is 6.34. The summed E-state index contributed by atoms with van der Waals surface area (Å²) in [5.74, 6) is 0.781. The van der Waals surface area contributed by atoms with Crippen molar-refractivity contribution >= 4 is 45.7 Å². The molecule has 41 heavy (non-hydrogen) atoms. The lowest BCUT2D eigenvalue weighted by atomic mass is 9.83. The van der Waals surface area contributed by atoms with Crippen LogP contribution in [0.4, 0.5) is 0 Å². The molecule has 3 aromatic carbocycles. The highest BCUT2D eigenvalue weighted by Crippen LogP contribution is 2.41. The van der Waals surface area contributed by atoms with Gasteiger partial charge in [-0.3, -0.25) is 9.36 Å². The molecule has 0 bridgehead atoms. The SMILES string of the molecule is COc1cccc([C@@H]2C3=C(N=c4s/c(=C/c5cc(C)n(-c6ccc(I)cc6)c5C)c(=O)n42)c2ccccc2CC3)c1. The quantitative estimate of drug-likeness (QED) is 0.210. The number of thiazole rings is 1. The second-order valence-electron chi connectivity index (χ2n) is 10.5. The van der Waals surface area contributed by atoms with E-state index >= 15 is 0 Å². The van der Waals surface area contributed by atoms with Crippen LogP contribution in [0.15, 0.2) is 94.2 Å². The summed E-state index contributed by atoms with van der Waals surface area (Å²) in [6.07, 6.45) is 3.83. The zero-order valence-electron chi connectivity index (χ0n) is 23.0. The number of aryl methyl sites for hydroxylation is 2. The standard InChI is InChI=1S/C34H28IN3O2S/c1-20-17-24(21(2)37(20)26-14-12-25(35)13-15-26)19-30-33(39)38-32(23-8-6-9-27(18-23)40-3)29-16-11-22-7-4-5-10-28(22)31(29)36-34(38)41-30/h4-10,12-15,17-19,32H,11,16H2,1-3H3/b30-19+/t32-/m1/s1. The Morgan fingerprint density at radius 1 is 1.00 bits per heavy atom. The highest BCUT2D eigenvalue weighted by Gasteiger charge is 2.32. The van der Waals surface area contributed by atoms with E-state index in [1.54, 1.807) is 7.11 Å². The van der Waals surface area contributed by atoms with Gasteiger partial charge in [-0.25, -0.2) is 4.99 Å². The van der Waals surface area contributed by atoms with Crippen LogP contribution < -0.4 is 19.6 Å². The lowest BCUT2D eigenvalue weighted by Crippen LogP contribution is -2.38. The van der Waals surface area contributed by atoms with Gasteiger partial charge in [-0.15, -0.1) is 0 Å². The highest BCUT2D eigenvalue weighted by molar-refractivity contribution is 14.1. The number of aromatic nitrogens is 2. The third kappa shape index (κ3) is 4.42. The van der Waals surface area contributed by atoms with Crippen molar-refractivity contribution in [2.45, 2.75) is 32.7 Å². The van der Waals surface area contributed by atoms with Gasteiger partial charge in [0.05, 0.1) is 23.4 Å². The predicted molar refractivity (Wildman–Crippen MR) is 174 cm³/mol. The summed E-state index contributed by atoms with van der Waals surface area (Å²) in [6.45, 7) is 4.22. The van der Waals surface area contributed by atoms with E-state index in [4.69, 9.17) is 9.73 Å². The molecule has 204 valence electrons. The number of benzene rings is 3. The molecule has 3 heterocycles. The second-order valence-corrected chi connectivity index (χ2v) is 12.8. The van der Waals surface area contributed by atoms with Crippen molar-refractivity contribution in [2.24, 2.45) is 4.99 Å². The van der Waals surface area contributed by atoms with Crippen LogP contribution in [-0.4, -0.2) is 16.2 Å². The van der Waals surface area contributed by atoms with Crippen LogP contribution >= 0.6 is 33.9 Å². The third-order valence-corrected chi connectivity index (χ3v) is 9.83. The summed E-state index contributed by atoms with van der Waals surface area (Å²) < 4.78 is 11.6. The maximum Gasteiger partial charge on any atom is 0.271 e. The van der Waals surface area contributed by atoms with E-state index in [1.807, 2.05) is 28.8 Å². The fourth-order valence-electron chi connectivity index (χ4n) is 6.20. The van der Waals surface area contributed by atoms with Crippen LogP contribution in [-0.2, 0) is 6.42 Å². The first-order chi connectivity index (χ1) is 19.9. The normalized spacial score (nSPS) is 16.2. The second kappa shape index (κ2) is 10.3. The van der Waals surface area contributed by atoms with Crippen molar-refractivity contribution in [3.05, 3.63) is 141 Å². The zero-order chi connectivity index (χ0) is 28.2. The number of hydrogen-bond acceptors (Lipinski definition) is 4. The number of rotatable bonds is 4. The summed E-state index contributed by atoms with van der Waals surface area (Å²) in [7, 11) is 1.68. The zero-order valence-corrected chi connectivity index (χ0v) is 26.0. The summed E-state index contributed by atoms with van der Waals surface area (Å²) in [6, 6.07) is 27.0. The van der Waals surface area contributed by atoms with Gasteiger partial charge >= 0.3 is 0 Å². The van der Waals surface area contributed by atoms with Crippen LogP contribution in [0, 0.1) is 17.4 Å². The molecule has 0 saturated heterocycles. The Morgan fingerprint density at radius 3 is 2.61 bits per heavy atom. The lowest BCUT2D eigenvalue weighted by Gasteiger charge is -2.31. The fraction of sp³-hybridized carbons (Fsp3) is 0.176. The molecule has 1 atom stereocenters. The van der Waals surface area contributed by atoms with Gasteiger partial charge < -0.3 is 9.30 Å². The number of ether oxygens (including phenoxy) is 1. The van der Waals surface area contributed by atoms with Gasteiger partial charge in [0.25, 0.3) is 5.56 Å². The minimum Gasteiger partial charge on any atom is -0.497 e. The van der Waals surface area contributed by atoms with Crippen LogP contribution in [0.1, 0.15) is 46.1 Å². The maximum absolute atomic E-state index is 14.2. The summed E-state index contributed by atoms with van der Waals surface area (Å²) >= 11 is 3.80. The Labute approximate surface area is 255 Å². The molecule has 0 unspecified atom stereocenters. The maximum atomic E-state index is 14.2. The molecule has 2 aliphatic rings. The monoisotopic (exact) mass is 669 g/mol. The van der Waals surface area contributed by atoms with Crippen LogP contribution in [0.2, 0.25) is 0 Å². The van der Waals surface area contributed by atoms with E-state index < -0.39 is 0 Å². The average Bonchev–Trinajstić information content (AvgIpc) is 3.45. The molecule has 2 aromatic heterocycles. The first-order valence-electron chi connectivity index (χ1n) is 13.6. The molecule has 7 heteroatoms. The highest BCUT2D eigenvalue weighted by atomic mass is 127. The molecular weight excluding hydrogens is 641 g/mol. The van der Waals surface area contributed by atoms with Crippen molar-refractivity contribution in [3.8, 4) is 11.4 Å². The molecule has 0 spiro atoms. The van der Waals surface area contributed by atoms with Crippen molar-refractivity contribution in [1.82, 2.24) is 9.13 Å². The largest absolute Gasteiger partial charge is 0.497 e. The van der Waals surface area contributed by atoms with E-state index in [0.717, 1.165) is 57.3 Å². The Balaban J connectivity index is 1.44. The topological polar surface area (TPSA) is 48.5 Å². The number of nitrogens with zero attached hydrogens (tertiary/aromatic N) is 3. The number of methoxy groups -OCH3 is 1.